The first-order chi connectivity index (χ1) is 7.16. The van der Waals surface area contributed by atoms with E-state index in [0.29, 0.717) is 17.3 Å². The molecule has 1 atom stereocenters. The minimum Gasteiger partial charge on any atom is -0.384 e. The Morgan fingerprint density at radius 1 is 1.60 bits per heavy atom. The van der Waals surface area contributed by atoms with Crippen molar-refractivity contribution in [2.75, 3.05) is 18.8 Å². The minimum absolute atomic E-state index is 0.0619. The highest BCUT2D eigenvalue weighted by Crippen LogP contribution is 2.17. The average Bonchev–Trinajstić information content (AvgIpc) is 2.65. The van der Waals surface area contributed by atoms with Gasteiger partial charge in [-0.1, -0.05) is 6.92 Å². The van der Waals surface area contributed by atoms with Crippen molar-refractivity contribution in [2.45, 2.75) is 13.3 Å². The molecule has 1 aliphatic rings. The number of amides is 1. The van der Waals surface area contributed by atoms with Crippen LogP contribution in [0.25, 0.3) is 0 Å². The number of anilines is 1. The molecule has 0 saturated carbocycles. The Morgan fingerprint density at radius 2 is 2.40 bits per heavy atom. The molecule has 0 aliphatic carbocycles. The van der Waals surface area contributed by atoms with Crippen LogP contribution in [0.5, 0.6) is 0 Å². The molecule has 1 aromatic rings. The van der Waals surface area contributed by atoms with Crippen LogP contribution in [0, 0.1) is 5.92 Å². The number of nitrogen functional groups attached to an aromatic ring is 1. The maximum Gasteiger partial charge on any atom is 0.255 e. The topological polar surface area (TPSA) is 59.2 Å². The number of pyridine rings is 1. The van der Waals surface area contributed by atoms with E-state index in [1.165, 1.54) is 0 Å². The summed E-state index contributed by atoms with van der Waals surface area (Å²) in [4.78, 5) is 17.7. The highest BCUT2D eigenvalue weighted by Gasteiger charge is 2.24. The van der Waals surface area contributed by atoms with Crippen molar-refractivity contribution in [3.05, 3.63) is 23.9 Å². The van der Waals surface area contributed by atoms with Gasteiger partial charge in [-0.3, -0.25) is 4.79 Å². The summed E-state index contributed by atoms with van der Waals surface area (Å²) < 4.78 is 0. The summed E-state index contributed by atoms with van der Waals surface area (Å²) in [6.07, 6.45) is 2.63. The molecule has 80 valence electrons. The van der Waals surface area contributed by atoms with Crippen LogP contribution < -0.4 is 5.73 Å². The molecule has 1 saturated heterocycles. The first-order valence-electron chi connectivity index (χ1n) is 5.17. The van der Waals surface area contributed by atoms with E-state index >= 15 is 0 Å². The molecule has 4 nitrogen and oxygen atoms in total. The Morgan fingerprint density at radius 3 is 2.93 bits per heavy atom. The van der Waals surface area contributed by atoms with Gasteiger partial charge < -0.3 is 10.6 Å². The van der Waals surface area contributed by atoms with Crippen molar-refractivity contribution < 1.29 is 4.79 Å². The first-order valence-corrected chi connectivity index (χ1v) is 5.17. The molecule has 0 aromatic carbocycles. The number of carbonyl (C=O) groups excluding carboxylic acids is 1. The van der Waals surface area contributed by atoms with E-state index in [2.05, 4.69) is 11.9 Å². The van der Waals surface area contributed by atoms with Gasteiger partial charge in [0, 0.05) is 19.3 Å². The van der Waals surface area contributed by atoms with Crippen LogP contribution in [0.1, 0.15) is 23.7 Å². The van der Waals surface area contributed by atoms with Crippen LogP contribution in [0.3, 0.4) is 0 Å². The van der Waals surface area contributed by atoms with Crippen LogP contribution in [-0.2, 0) is 0 Å². The fraction of sp³-hybridized carbons (Fsp3) is 0.455. The van der Waals surface area contributed by atoms with Gasteiger partial charge in [-0.2, -0.15) is 0 Å². The van der Waals surface area contributed by atoms with Gasteiger partial charge in [0.2, 0.25) is 0 Å². The van der Waals surface area contributed by atoms with Crippen LogP contribution >= 0.6 is 0 Å². The van der Waals surface area contributed by atoms with Crippen molar-refractivity contribution in [2.24, 2.45) is 5.92 Å². The van der Waals surface area contributed by atoms with Gasteiger partial charge in [-0.25, -0.2) is 4.98 Å². The molecule has 15 heavy (non-hydrogen) atoms. The number of aromatic nitrogens is 1. The van der Waals surface area contributed by atoms with Gasteiger partial charge in [0.1, 0.15) is 5.82 Å². The third kappa shape index (κ3) is 2.09. The van der Waals surface area contributed by atoms with Crippen molar-refractivity contribution in [3.63, 3.8) is 0 Å². The van der Waals surface area contributed by atoms with E-state index in [0.717, 1.165) is 19.5 Å². The fourth-order valence-corrected chi connectivity index (χ4v) is 1.83. The Bertz CT molecular complexity index is 361. The Hall–Kier alpha value is -1.58. The monoisotopic (exact) mass is 205 g/mol. The molecule has 2 N–H and O–H groups in total. The first kappa shape index (κ1) is 9.96. The van der Waals surface area contributed by atoms with Gasteiger partial charge in [0.25, 0.3) is 5.91 Å². The molecule has 1 fully saturated rings. The van der Waals surface area contributed by atoms with Crippen molar-refractivity contribution >= 4 is 11.7 Å². The van der Waals surface area contributed by atoms with E-state index in [1.807, 2.05) is 4.90 Å². The number of nitrogens with two attached hydrogens (primary N) is 1. The average molecular weight is 205 g/mol. The molecule has 1 aliphatic heterocycles. The molecule has 2 rings (SSSR count). The van der Waals surface area contributed by atoms with E-state index < -0.39 is 0 Å². The number of nitrogens with zero attached hydrogens (tertiary/aromatic N) is 2. The largest absolute Gasteiger partial charge is 0.384 e. The molecule has 1 unspecified atom stereocenters. The van der Waals surface area contributed by atoms with Crippen molar-refractivity contribution in [3.8, 4) is 0 Å². The van der Waals surface area contributed by atoms with Gasteiger partial charge in [0.15, 0.2) is 0 Å². The maximum atomic E-state index is 11.9. The summed E-state index contributed by atoms with van der Waals surface area (Å²) in [7, 11) is 0. The second-order valence-electron chi connectivity index (χ2n) is 4.12. The van der Waals surface area contributed by atoms with Gasteiger partial charge in [-0.05, 0) is 24.5 Å². The van der Waals surface area contributed by atoms with Crippen LogP contribution in [0.2, 0.25) is 0 Å². The lowest BCUT2D eigenvalue weighted by atomic mass is 10.2. The van der Waals surface area contributed by atoms with E-state index in [4.69, 9.17) is 5.73 Å². The zero-order chi connectivity index (χ0) is 10.8. The van der Waals surface area contributed by atoms with Crippen LogP contribution in [0.4, 0.5) is 5.82 Å². The molecule has 1 aromatic heterocycles. The van der Waals surface area contributed by atoms with Crippen molar-refractivity contribution in [1.29, 1.82) is 0 Å². The van der Waals surface area contributed by atoms with Gasteiger partial charge >= 0.3 is 0 Å². The molecular formula is C11H15N3O. The summed E-state index contributed by atoms with van der Waals surface area (Å²) in [6.45, 7) is 3.86. The lowest BCUT2D eigenvalue weighted by molar-refractivity contribution is 0.0787. The molecule has 1 amide bonds. The fourth-order valence-electron chi connectivity index (χ4n) is 1.83. The Balaban J connectivity index is 2.11. The zero-order valence-corrected chi connectivity index (χ0v) is 8.81. The van der Waals surface area contributed by atoms with Crippen molar-refractivity contribution in [1.82, 2.24) is 9.88 Å². The Labute approximate surface area is 89.1 Å². The normalized spacial score (nSPS) is 20.6. The third-order valence-electron chi connectivity index (χ3n) is 2.74. The second-order valence-corrected chi connectivity index (χ2v) is 4.12. The minimum atomic E-state index is 0.0619. The summed E-state index contributed by atoms with van der Waals surface area (Å²) in [5.74, 6) is 1.11. The van der Waals surface area contributed by atoms with Gasteiger partial charge in [-0.15, -0.1) is 0 Å². The third-order valence-corrected chi connectivity index (χ3v) is 2.74. The lowest BCUT2D eigenvalue weighted by Gasteiger charge is -2.15. The maximum absolute atomic E-state index is 11.9. The molecule has 2 heterocycles. The number of rotatable bonds is 1. The molecule has 0 radical (unpaired) electrons. The van der Waals surface area contributed by atoms with E-state index in [-0.39, 0.29) is 5.91 Å². The number of hydrogen-bond acceptors (Lipinski definition) is 3. The smallest absolute Gasteiger partial charge is 0.255 e. The summed E-state index contributed by atoms with van der Waals surface area (Å²) in [6, 6.07) is 3.39. The Kier molecular flexibility index (Phi) is 2.58. The predicted octanol–water partition coefficient (Wildman–Crippen LogP) is 1.15. The summed E-state index contributed by atoms with van der Waals surface area (Å²) in [5.41, 5.74) is 6.09. The summed E-state index contributed by atoms with van der Waals surface area (Å²) >= 11 is 0. The van der Waals surface area contributed by atoms with Crippen LogP contribution in [0.15, 0.2) is 18.3 Å². The highest BCUT2D eigenvalue weighted by atomic mass is 16.2. The quantitative estimate of drug-likeness (QED) is 0.748. The standard InChI is InChI=1S/C11H15N3O/c1-8-4-5-14(7-8)11(15)9-2-3-10(12)13-6-9/h2-3,6,8H,4-5,7H2,1H3,(H2,12,13). The van der Waals surface area contributed by atoms with E-state index in [9.17, 15) is 4.79 Å². The SMILES string of the molecule is CC1CCN(C(=O)c2ccc(N)nc2)C1. The number of likely N-dealkylation sites (tertiary alicyclic amines) is 1. The summed E-state index contributed by atoms with van der Waals surface area (Å²) in [5, 5.41) is 0. The lowest BCUT2D eigenvalue weighted by Crippen LogP contribution is -2.28. The molecule has 4 heteroatoms. The van der Waals surface area contributed by atoms with Gasteiger partial charge in [0.05, 0.1) is 5.56 Å². The zero-order valence-electron chi connectivity index (χ0n) is 8.81. The number of hydrogen-bond donors (Lipinski definition) is 1. The molecule has 0 spiro atoms. The predicted molar refractivity (Wildman–Crippen MR) is 58.3 cm³/mol. The second kappa shape index (κ2) is 3.88. The van der Waals surface area contributed by atoms with Crippen LogP contribution in [-0.4, -0.2) is 28.9 Å². The highest BCUT2D eigenvalue weighted by molar-refractivity contribution is 5.94. The van der Waals surface area contributed by atoms with E-state index in [1.54, 1.807) is 18.3 Å². The molecular weight excluding hydrogens is 190 g/mol. The molecule has 0 bridgehead atoms. The number of carbonyl (C=O) groups is 1.